The predicted octanol–water partition coefficient (Wildman–Crippen LogP) is 1.28. The maximum absolute atomic E-state index is 5.27. The molecule has 9 heavy (non-hydrogen) atoms. The maximum Gasteiger partial charge on any atom is 0.0877 e. The first kappa shape index (κ1) is 8.50. The van der Waals surface area contributed by atoms with Gasteiger partial charge in [0.25, 0.3) is 0 Å². The van der Waals surface area contributed by atoms with Crippen LogP contribution in [0.2, 0.25) is 0 Å². The molecule has 0 aliphatic heterocycles. The summed E-state index contributed by atoms with van der Waals surface area (Å²) >= 11 is 0. The zero-order valence-electron chi connectivity index (χ0n) is 6.02. The average Bonchev–Trinajstić information content (AvgIpc) is 1.80. The molecule has 0 fully saturated rings. The van der Waals surface area contributed by atoms with E-state index >= 15 is 0 Å². The minimum atomic E-state index is 0.750. The molecule has 0 aromatic rings. The molecule has 0 radical (unpaired) electrons. The lowest BCUT2D eigenvalue weighted by atomic mass is 10.3. The zero-order chi connectivity index (χ0) is 7.11. The minimum Gasteiger partial charge on any atom is -0.499 e. The Morgan fingerprint density at radius 1 is 1.56 bits per heavy atom. The predicted molar refractivity (Wildman–Crippen MR) is 39.1 cm³/mol. The highest BCUT2D eigenvalue weighted by molar-refractivity contribution is 4.73. The standard InChI is InChI=1S/C7H15NO/c1-7(2)9-6-4-3-5-8/h1,3-6,8H2,2H3. The van der Waals surface area contributed by atoms with Gasteiger partial charge in [-0.05, 0) is 26.3 Å². The topological polar surface area (TPSA) is 35.2 Å². The van der Waals surface area contributed by atoms with Crippen molar-refractivity contribution in [1.82, 2.24) is 0 Å². The van der Waals surface area contributed by atoms with Gasteiger partial charge in [-0.1, -0.05) is 6.58 Å². The van der Waals surface area contributed by atoms with Crippen LogP contribution in [0, 0.1) is 0 Å². The van der Waals surface area contributed by atoms with Crippen molar-refractivity contribution < 1.29 is 4.74 Å². The number of hydrogen-bond donors (Lipinski definition) is 1. The van der Waals surface area contributed by atoms with E-state index in [2.05, 4.69) is 6.58 Å². The molecule has 0 saturated heterocycles. The van der Waals surface area contributed by atoms with Crippen molar-refractivity contribution in [3.05, 3.63) is 12.3 Å². The van der Waals surface area contributed by atoms with Crippen LogP contribution >= 0.6 is 0 Å². The Balaban J connectivity index is 2.83. The summed E-state index contributed by atoms with van der Waals surface area (Å²) in [5, 5.41) is 0. The van der Waals surface area contributed by atoms with Crippen LogP contribution < -0.4 is 5.73 Å². The van der Waals surface area contributed by atoms with Gasteiger partial charge in [-0.2, -0.15) is 0 Å². The lowest BCUT2D eigenvalue weighted by Gasteiger charge is -2.02. The van der Waals surface area contributed by atoms with E-state index in [1.165, 1.54) is 0 Å². The van der Waals surface area contributed by atoms with Crippen molar-refractivity contribution in [2.45, 2.75) is 19.8 Å². The second-order valence-electron chi connectivity index (χ2n) is 2.05. The lowest BCUT2D eigenvalue weighted by Crippen LogP contribution is -2.00. The summed E-state index contributed by atoms with van der Waals surface area (Å²) in [4.78, 5) is 0. The quantitative estimate of drug-likeness (QED) is 0.448. The van der Waals surface area contributed by atoms with Crippen molar-refractivity contribution in [2.75, 3.05) is 13.2 Å². The van der Waals surface area contributed by atoms with Gasteiger partial charge >= 0.3 is 0 Å². The highest BCUT2D eigenvalue weighted by Crippen LogP contribution is 1.93. The Morgan fingerprint density at radius 2 is 2.22 bits per heavy atom. The molecule has 0 unspecified atom stereocenters. The van der Waals surface area contributed by atoms with Crippen molar-refractivity contribution in [3.63, 3.8) is 0 Å². The van der Waals surface area contributed by atoms with Crippen LogP contribution in [-0.2, 0) is 4.74 Å². The second kappa shape index (κ2) is 5.63. The van der Waals surface area contributed by atoms with Gasteiger partial charge in [0.2, 0.25) is 0 Å². The van der Waals surface area contributed by atoms with Crippen LogP contribution in [0.3, 0.4) is 0 Å². The summed E-state index contributed by atoms with van der Waals surface area (Å²) in [6, 6.07) is 0. The number of hydrogen-bond acceptors (Lipinski definition) is 2. The van der Waals surface area contributed by atoms with Crippen molar-refractivity contribution in [2.24, 2.45) is 5.73 Å². The van der Waals surface area contributed by atoms with Gasteiger partial charge in [0.1, 0.15) is 0 Å². The number of nitrogens with two attached hydrogens (primary N) is 1. The molecule has 0 bridgehead atoms. The van der Waals surface area contributed by atoms with E-state index in [0.717, 1.165) is 31.8 Å². The van der Waals surface area contributed by atoms with E-state index < -0.39 is 0 Å². The molecule has 0 amide bonds. The summed E-state index contributed by atoms with van der Waals surface area (Å²) in [6.45, 7) is 6.95. The fourth-order valence-corrected chi connectivity index (χ4v) is 0.493. The van der Waals surface area contributed by atoms with E-state index in [1.807, 2.05) is 6.92 Å². The van der Waals surface area contributed by atoms with E-state index in [1.54, 1.807) is 0 Å². The minimum absolute atomic E-state index is 0.750. The molecule has 2 nitrogen and oxygen atoms in total. The molecule has 0 atom stereocenters. The number of unbranched alkanes of at least 4 members (excludes halogenated alkanes) is 1. The van der Waals surface area contributed by atoms with Gasteiger partial charge < -0.3 is 10.5 Å². The maximum atomic E-state index is 5.27. The van der Waals surface area contributed by atoms with E-state index in [4.69, 9.17) is 10.5 Å². The fraction of sp³-hybridized carbons (Fsp3) is 0.714. The van der Waals surface area contributed by atoms with Gasteiger partial charge in [-0.3, -0.25) is 0 Å². The van der Waals surface area contributed by atoms with Crippen LogP contribution in [0.25, 0.3) is 0 Å². The molecule has 0 rings (SSSR count). The van der Waals surface area contributed by atoms with Crippen molar-refractivity contribution in [1.29, 1.82) is 0 Å². The van der Waals surface area contributed by atoms with Gasteiger partial charge in [-0.15, -0.1) is 0 Å². The van der Waals surface area contributed by atoms with Crippen molar-refractivity contribution in [3.8, 4) is 0 Å². The Morgan fingerprint density at radius 3 is 2.67 bits per heavy atom. The van der Waals surface area contributed by atoms with E-state index in [9.17, 15) is 0 Å². The normalized spacial score (nSPS) is 9.11. The molecule has 54 valence electrons. The van der Waals surface area contributed by atoms with Crippen LogP contribution in [0.5, 0.6) is 0 Å². The Labute approximate surface area is 56.7 Å². The summed E-state index contributed by atoms with van der Waals surface area (Å²) in [6.07, 6.45) is 2.07. The van der Waals surface area contributed by atoms with Crippen LogP contribution in [-0.4, -0.2) is 13.2 Å². The first-order chi connectivity index (χ1) is 4.27. The molecule has 0 heterocycles. The first-order valence-corrected chi connectivity index (χ1v) is 3.25. The number of rotatable bonds is 5. The molecule has 0 aromatic carbocycles. The molecule has 0 saturated carbocycles. The van der Waals surface area contributed by atoms with E-state index in [-0.39, 0.29) is 0 Å². The lowest BCUT2D eigenvalue weighted by molar-refractivity contribution is 0.210. The molecule has 0 spiro atoms. The highest BCUT2D eigenvalue weighted by Gasteiger charge is 1.85. The van der Waals surface area contributed by atoms with Crippen LogP contribution in [0.4, 0.5) is 0 Å². The van der Waals surface area contributed by atoms with Gasteiger partial charge in [-0.25, -0.2) is 0 Å². The average molecular weight is 129 g/mol. The molecule has 2 N–H and O–H groups in total. The molecule has 0 aromatic heterocycles. The fourth-order valence-electron chi connectivity index (χ4n) is 0.493. The third-order valence-corrected chi connectivity index (χ3v) is 0.947. The molecule has 0 aliphatic carbocycles. The first-order valence-electron chi connectivity index (χ1n) is 3.25. The zero-order valence-corrected chi connectivity index (χ0v) is 6.02. The summed E-state index contributed by atoms with van der Waals surface area (Å²) in [5.41, 5.74) is 5.27. The number of allylic oxidation sites excluding steroid dienone is 1. The van der Waals surface area contributed by atoms with Crippen molar-refractivity contribution >= 4 is 0 Å². The monoisotopic (exact) mass is 129 g/mol. The van der Waals surface area contributed by atoms with Gasteiger partial charge in [0.05, 0.1) is 12.4 Å². The van der Waals surface area contributed by atoms with Gasteiger partial charge in [0, 0.05) is 0 Å². The summed E-state index contributed by atoms with van der Waals surface area (Å²) < 4.78 is 5.09. The van der Waals surface area contributed by atoms with Crippen LogP contribution in [0.15, 0.2) is 12.3 Å². The summed E-state index contributed by atoms with van der Waals surface area (Å²) in [5.74, 6) is 0.784. The SMILES string of the molecule is C=C(C)OCCCCN. The largest absolute Gasteiger partial charge is 0.499 e. The Hall–Kier alpha value is -0.500. The second-order valence-corrected chi connectivity index (χ2v) is 2.05. The molecule has 0 aliphatic rings. The third kappa shape index (κ3) is 7.50. The van der Waals surface area contributed by atoms with Gasteiger partial charge in [0.15, 0.2) is 0 Å². The molecular formula is C7H15NO. The highest BCUT2D eigenvalue weighted by atomic mass is 16.5. The van der Waals surface area contributed by atoms with E-state index in [0.29, 0.717) is 0 Å². The summed E-state index contributed by atoms with van der Waals surface area (Å²) in [7, 11) is 0. The third-order valence-electron chi connectivity index (χ3n) is 0.947. The smallest absolute Gasteiger partial charge is 0.0877 e. The Bertz CT molecular complexity index is 81.0. The Kier molecular flexibility index (Phi) is 5.32. The molecular weight excluding hydrogens is 114 g/mol. The number of ether oxygens (including phenoxy) is 1. The molecule has 2 heteroatoms. The van der Waals surface area contributed by atoms with Crippen LogP contribution in [0.1, 0.15) is 19.8 Å².